The summed E-state index contributed by atoms with van der Waals surface area (Å²) < 4.78 is 6.03. The highest BCUT2D eigenvalue weighted by molar-refractivity contribution is 6.53. The molecule has 192 valence electrons. The average molecular weight is 504 g/mol. The van der Waals surface area contributed by atoms with Gasteiger partial charge in [-0.2, -0.15) is 0 Å². The van der Waals surface area contributed by atoms with Crippen LogP contribution in [0.25, 0.3) is 10.6 Å². The van der Waals surface area contributed by atoms with Gasteiger partial charge >= 0.3 is 0 Å². The summed E-state index contributed by atoms with van der Waals surface area (Å²) in [7, 11) is 0. The molecule has 0 heterocycles. The zero-order valence-corrected chi connectivity index (χ0v) is 22.9. The molecule has 0 saturated carbocycles. The molecule has 0 radical (unpaired) electrons. The van der Waals surface area contributed by atoms with Crippen LogP contribution >= 0.6 is 11.6 Å². The summed E-state index contributed by atoms with van der Waals surface area (Å²) in [6, 6.07) is 28.8. The minimum Gasteiger partial charge on any atom is -0.494 e. The lowest BCUT2D eigenvalue weighted by Crippen LogP contribution is -2.23. The third-order valence-corrected chi connectivity index (χ3v) is 7.14. The van der Waals surface area contributed by atoms with Crippen LogP contribution in [0.5, 0.6) is 5.75 Å². The van der Waals surface area contributed by atoms with E-state index in [1.54, 1.807) is 0 Å². The first-order valence-electron chi connectivity index (χ1n) is 13.7. The standard InChI is InChI=1S/C33H42ClNO/c1-3-35(4-2)26-16-8-6-5-7-9-17-27-36-31-24-22-29(23-25-31)32(28-18-12-10-13-19-28)33(34)30-20-14-11-15-21-30/h10-15,18-25H,3-9,16-17,26-27H2,1-2H3. The lowest BCUT2D eigenvalue weighted by Gasteiger charge is -2.17. The fraction of sp³-hybridized carbons (Fsp3) is 0.394. The lowest BCUT2D eigenvalue weighted by molar-refractivity contribution is 0.293. The first-order chi connectivity index (χ1) is 17.7. The maximum atomic E-state index is 6.93. The molecule has 3 aromatic rings. The monoisotopic (exact) mass is 503 g/mol. The summed E-state index contributed by atoms with van der Waals surface area (Å²) in [5.74, 6) is 0.915. The molecule has 0 N–H and O–H groups in total. The smallest absolute Gasteiger partial charge is 0.119 e. The van der Waals surface area contributed by atoms with E-state index >= 15 is 0 Å². The van der Waals surface area contributed by atoms with E-state index in [1.807, 2.05) is 36.4 Å². The van der Waals surface area contributed by atoms with Gasteiger partial charge < -0.3 is 9.64 Å². The molecule has 0 aromatic heterocycles. The summed E-state index contributed by atoms with van der Waals surface area (Å²) in [6.45, 7) is 8.87. The van der Waals surface area contributed by atoms with Gasteiger partial charge in [0.05, 0.1) is 11.6 Å². The zero-order valence-electron chi connectivity index (χ0n) is 22.1. The molecular formula is C33H42ClNO. The van der Waals surface area contributed by atoms with Crippen molar-refractivity contribution in [3.63, 3.8) is 0 Å². The number of nitrogens with zero attached hydrogens (tertiary/aromatic N) is 1. The highest BCUT2D eigenvalue weighted by atomic mass is 35.5. The van der Waals surface area contributed by atoms with Crippen LogP contribution in [0.15, 0.2) is 84.9 Å². The van der Waals surface area contributed by atoms with Gasteiger partial charge in [0.2, 0.25) is 0 Å². The van der Waals surface area contributed by atoms with Gasteiger partial charge in [0, 0.05) is 5.57 Å². The second kappa shape index (κ2) is 16.2. The Kier molecular flexibility index (Phi) is 12.6. The highest BCUT2D eigenvalue weighted by Gasteiger charge is 2.12. The Bertz CT molecular complexity index is 1010. The molecule has 2 nitrogen and oxygen atoms in total. The molecular weight excluding hydrogens is 462 g/mol. The Morgan fingerprint density at radius 3 is 1.69 bits per heavy atom. The van der Waals surface area contributed by atoms with Crippen LogP contribution < -0.4 is 4.74 Å². The van der Waals surface area contributed by atoms with Crippen molar-refractivity contribution in [2.24, 2.45) is 0 Å². The fourth-order valence-electron chi connectivity index (χ4n) is 4.52. The minimum absolute atomic E-state index is 0.753. The summed E-state index contributed by atoms with van der Waals surface area (Å²) >= 11 is 6.93. The van der Waals surface area contributed by atoms with Crippen LogP contribution in [-0.4, -0.2) is 31.1 Å². The Labute approximate surface area is 224 Å². The molecule has 0 fully saturated rings. The highest BCUT2D eigenvalue weighted by Crippen LogP contribution is 2.35. The molecule has 0 aliphatic rings. The van der Waals surface area contributed by atoms with Crippen LogP contribution in [-0.2, 0) is 0 Å². The Balaban J connectivity index is 1.46. The van der Waals surface area contributed by atoms with E-state index in [9.17, 15) is 0 Å². The molecule has 0 aliphatic heterocycles. The summed E-state index contributed by atoms with van der Waals surface area (Å²) in [6.07, 6.45) is 9.02. The van der Waals surface area contributed by atoms with E-state index < -0.39 is 0 Å². The Hall–Kier alpha value is -2.55. The number of unbranched alkanes of at least 4 members (excludes halogenated alkanes) is 6. The van der Waals surface area contributed by atoms with Crippen molar-refractivity contribution >= 4 is 22.2 Å². The molecule has 0 spiro atoms. The molecule has 0 bridgehead atoms. The Morgan fingerprint density at radius 1 is 0.611 bits per heavy atom. The number of benzene rings is 3. The molecule has 0 unspecified atom stereocenters. The van der Waals surface area contributed by atoms with Crippen LogP contribution in [0, 0.1) is 0 Å². The predicted octanol–water partition coefficient (Wildman–Crippen LogP) is 9.29. The number of hydrogen-bond donors (Lipinski definition) is 0. The predicted molar refractivity (Wildman–Crippen MR) is 157 cm³/mol. The molecule has 0 amide bonds. The minimum atomic E-state index is 0.753. The molecule has 3 aromatic carbocycles. The molecule has 36 heavy (non-hydrogen) atoms. The summed E-state index contributed by atoms with van der Waals surface area (Å²) in [4.78, 5) is 2.51. The molecule has 0 atom stereocenters. The second-order valence-electron chi connectivity index (χ2n) is 9.30. The van der Waals surface area contributed by atoms with Crippen LogP contribution in [0.1, 0.15) is 75.5 Å². The van der Waals surface area contributed by atoms with E-state index in [1.165, 1.54) is 58.2 Å². The van der Waals surface area contributed by atoms with Gasteiger partial charge in [-0.25, -0.2) is 0 Å². The summed E-state index contributed by atoms with van der Waals surface area (Å²) in [5, 5.41) is 0.753. The van der Waals surface area contributed by atoms with Crippen molar-refractivity contribution in [3.8, 4) is 5.75 Å². The van der Waals surface area contributed by atoms with Crippen molar-refractivity contribution < 1.29 is 4.74 Å². The van der Waals surface area contributed by atoms with Gasteiger partial charge in [-0.15, -0.1) is 0 Å². The molecule has 0 aliphatic carbocycles. The third kappa shape index (κ3) is 9.15. The SMILES string of the molecule is CCN(CC)CCCCCCCCCOc1ccc(C(=C(Cl)c2ccccc2)c2ccccc2)cc1. The topological polar surface area (TPSA) is 12.5 Å². The zero-order chi connectivity index (χ0) is 25.4. The van der Waals surface area contributed by atoms with Gasteiger partial charge in [-0.3, -0.25) is 0 Å². The lowest BCUT2D eigenvalue weighted by atomic mass is 9.95. The van der Waals surface area contributed by atoms with E-state index in [4.69, 9.17) is 16.3 Å². The van der Waals surface area contributed by atoms with Crippen molar-refractivity contribution in [2.45, 2.75) is 58.8 Å². The fourth-order valence-corrected chi connectivity index (χ4v) is 4.87. The van der Waals surface area contributed by atoms with E-state index in [2.05, 4.69) is 67.3 Å². The van der Waals surface area contributed by atoms with Crippen LogP contribution in [0.4, 0.5) is 0 Å². The van der Waals surface area contributed by atoms with Crippen molar-refractivity contribution in [3.05, 3.63) is 102 Å². The van der Waals surface area contributed by atoms with Gasteiger partial charge in [-0.05, 0) is 61.3 Å². The van der Waals surface area contributed by atoms with Crippen LogP contribution in [0.2, 0.25) is 0 Å². The average Bonchev–Trinajstić information content (AvgIpc) is 2.94. The number of halogens is 1. The van der Waals surface area contributed by atoms with Gasteiger partial charge in [0.1, 0.15) is 5.75 Å². The molecule has 0 saturated heterocycles. The number of rotatable bonds is 16. The Morgan fingerprint density at radius 2 is 1.11 bits per heavy atom. The van der Waals surface area contributed by atoms with Crippen LogP contribution in [0.3, 0.4) is 0 Å². The van der Waals surface area contributed by atoms with E-state index in [0.29, 0.717) is 0 Å². The van der Waals surface area contributed by atoms with Gasteiger partial charge in [0.25, 0.3) is 0 Å². The number of hydrogen-bond acceptors (Lipinski definition) is 2. The van der Waals surface area contributed by atoms with Gasteiger partial charge in [-0.1, -0.05) is 130 Å². The van der Waals surface area contributed by atoms with E-state index in [-0.39, 0.29) is 0 Å². The van der Waals surface area contributed by atoms with Crippen molar-refractivity contribution in [2.75, 3.05) is 26.2 Å². The van der Waals surface area contributed by atoms with E-state index in [0.717, 1.165) is 46.1 Å². The van der Waals surface area contributed by atoms with Crippen molar-refractivity contribution in [1.29, 1.82) is 0 Å². The van der Waals surface area contributed by atoms with Gasteiger partial charge in [0.15, 0.2) is 0 Å². The normalized spacial score (nSPS) is 12.0. The maximum absolute atomic E-state index is 6.93. The maximum Gasteiger partial charge on any atom is 0.119 e. The second-order valence-corrected chi connectivity index (χ2v) is 9.67. The number of ether oxygens (including phenoxy) is 1. The largest absolute Gasteiger partial charge is 0.494 e. The first-order valence-corrected chi connectivity index (χ1v) is 14.1. The van der Waals surface area contributed by atoms with Crippen molar-refractivity contribution in [1.82, 2.24) is 4.90 Å². The third-order valence-electron chi connectivity index (χ3n) is 6.73. The molecule has 3 rings (SSSR count). The molecule has 3 heteroatoms. The quantitative estimate of drug-likeness (QED) is 0.142. The summed E-state index contributed by atoms with van der Waals surface area (Å²) in [5.41, 5.74) is 4.24. The first kappa shape index (κ1) is 28.0.